The highest BCUT2D eigenvalue weighted by atomic mass is 35.5. The second-order valence-corrected chi connectivity index (χ2v) is 9.03. The lowest BCUT2D eigenvalue weighted by Gasteiger charge is -2.25. The highest BCUT2D eigenvalue weighted by Crippen LogP contribution is 2.38. The zero-order valence-electron chi connectivity index (χ0n) is 17.3. The summed E-state index contributed by atoms with van der Waals surface area (Å²) in [6.45, 7) is 2.04. The van der Waals surface area contributed by atoms with E-state index in [1.165, 1.54) is 11.8 Å². The van der Waals surface area contributed by atoms with E-state index in [4.69, 9.17) is 25.5 Å². The van der Waals surface area contributed by atoms with E-state index >= 15 is 0 Å². The van der Waals surface area contributed by atoms with Gasteiger partial charge < -0.3 is 18.8 Å². The predicted octanol–water partition coefficient (Wildman–Crippen LogP) is 5.01. The van der Waals surface area contributed by atoms with Gasteiger partial charge in [-0.1, -0.05) is 29.4 Å². The number of hydrogen-bond donors (Lipinski definition) is 0. The molecule has 9 heteroatoms. The fourth-order valence-corrected chi connectivity index (χ4v) is 4.76. The molecule has 166 valence electrons. The van der Waals surface area contributed by atoms with Gasteiger partial charge in [0.15, 0.2) is 11.5 Å². The molecule has 0 spiro atoms. The lowest BCUT2D eigenvalue weighted by Crippen LogP contribution is -2.32. The molecule has 0 aliphatic carbocycles. The summed E-state index contributed by atoms with van der Waals surface area (Å²) in [5, 5.41) is 9.14. The molecular formula is C23H22ClN3O4S. The normalized spacial score (nSPS) is 17.9. The molecule has 1 aromatic heterocycles. The van der Waals surface area contributed by atoms with Crippen molar-refractivity contribution in [3.63, 3.8) is 0 Å². The fraction of sp³-hybridized carbons (Fsp3) is 0.348. The van der Waals surface area contributed by atoms with Gasteiger partial charge in [-0.2, -0.15) is 0 Å². The number of halogens is 1. The van der Waals surface area contributed by atoms with E-state index in [1.54, 1.807) is 12.1 Å². The smallest absolute Gasteiger partial charge is 0.277 e. The van der Waals surface area contributed by atoms with Crippen LogP contribution in [0.15, 0.2) is 52.1 Å². The molecule has 0 radical (unpaired) electrons. The van der Waals surface area contributed by atoms with Crippen LogP contribution in [0.3, 0.4) is 0 Å². The van der Waals surface area contributed by atoms with Gasteiger partial charge in [0.2, 0.25) is 11.8 Å². The van der Waals surface area contributed by atoms with Crippen LogP contribution in [0.5, 0.6) is 11.5 Å². The van der Waals surface area contributed by atoms with E-state index in [-0.39, 0.29) is 17.7 Å². The van der Waals surface area contributed by atoms with E-state index < -0.39 is 0 Å². The first-order valence-corrected chi connectivity index (χ1v) is 11.9. The number of carbonyl (C=O) groups excluding carboxylic acids is 1. The number of aromatic nitrogens is 2. The van der Waals surface area contributed by atoms with E-state index in [9.17, 15) is 4.79 Å². The average molecular weight is 472 g/mol. The van der Waals surface area contributed by atoms with Crippen LogP contribution in [0.4, 0.5) is 0 Å². The van der Waals surface area contributed by atoms with Crippen molar-refractivity contribution in [3.05, 3.63) is 53.1 Å². The first kappa shape index (κ1) is 21.2. The van der Waals surface area contributed by atoms with Crippen LogP contribution in [-0.4, -0.2) is 46.5 Å². The molecule has 0 saturated carbocycles. The summed E-state index contributed by atoms with van der Waals surface area (Å²) in [5.41, 5.74) is 1.86. The molecule has 1 atom stereocenters. The summed E-state index contributed by atoms with van der Waals surface area (Å²) in [5.74, 6) is 2.22. The molecule has 32 heavy (non-hydrogen) atoms. The lowest BCUT2D eigenvalue weighted by molar-refractivity contribution is -0.129. The Morgan fingerprint density at radius 2 is 1.88 bits per heavy atom. The molecule has 0 N–H and O–H groups in total. The van der Waals surface area contributed by atoms with Crippen LogP contribution in [0.25, 0.3) is 11.5 Å². The molecule has 2 aliphatic rings. The van der Waals surface area contributed by atoms with Crippen LogP contribution >= 0.6 is 23.4 Å². The average Bonchev–Trinajstić information content (AvgIpc) is 3.43. The van der Waals surface area contributed by atoms with Crippen molar-refractivity contribution in [3.8, 4) is 23.0 Å². The molecule has 1 saturated heterocycles. The number of carbonyl (C=O) groups is 1. The van der Waals surface area contributed by atoms with Gasteiger partial charge in [0.25, 0.3) is 5.22 Å². The Bertz CT molecular complexity index is 1100. The summed E-state index contributed by atoms with van der Waals surface area (Å²) in [4.78, 5) is 14.9. The quantitative estimate of drug-likeness (QED) is 0.484. The SMILES string of the molecule is O=C(CSc1nnc(-c2ccc(Cl)cc2)o1)N1CCC[C@@H]1c1ccc2c(c1)OCCCO2. The summed E-state index contributed by atoms with van der Waals surface area (Å²) >= 11 is 7.18. The Morgan fingerprint density at radius 3 is 2.72 bits per heavy atom. The van der Waals surface area contributed by atoms with Crippen molar-refractivity contribution in [2.45, 2.75) is 30.5 Å². The van der Waals surface area contributed by atoms with Gasteiger partial charge >= 0.3 is 0 Å². The van der Waals surface area contributed by atoms with Gasteiger partial charge in [-0.15, -0.1) is 10.2 Å². The van der Waals surface area contributed by atoms with Gasteiger partial charge in [-0.3, -0.25) is 4.79 Å². The number of likely N-dealkylation sites (tertiary alicyclic amines) is 1. The maximum absolute atomic E-state index is 13.0. The minimum absolute atomic E-state index is 0.0348. The van der Waals surface area contributed by atoms with E-state index in [1.807, 2.05) is 35.2 Å². The Morgan fingerprint density at radius 1 is 1.06 bits per heavy atom. The van der Waals surface area contributed by atoms with Crippen molar-refractivity contribution in [2.24, 2.45) is 0 Å². The monoisotopic (exact) mass is 471 g/mol. The Labute approximate surface area is 195 Å². The molecular weight excluding hydrogens is 450 g/mol. The third kappa shape index (κ3) is 4.56. The zero-order chi connectivity index (χ0) is 21.9. The highest BCUT2D eigenvalue weighted by Gasteiger charge is 2.31. The number of benzene rings is 2. The van der Waals surface area contributed by atoms with Crippen molar-refractivity contribution in [2.75, 3.05) is 25.5 Å². The first-order valence-electron chi connectivity index (χ1n) is 10.6. The zero-order valence-corrected chi connectivity index (χ0v) is 18.9. The van der Waals surface area contributed by atoms with Gasteiger partial charge in [-0.05, 0) is 54.8 Å². The lowest BCUT2D eigenvalue weighted by atomic mass is 10.0. The summed E-state index contributed by atoms with van der Waals surface area (Å²) < 4.78 is 17.3. The van der Waals surface area contributed by atoms with Gasteiger partial charge in [-0.25, -0.2) is 0 Å². The summed E-state index contributed by atoms with van der Waals surface area (Å²) in [6, 6.07) is 13.2. The maximum atomic E-state index is 13.0. The molecule has 7 nitrogen and oxygen atoms in total. The predicted molar refractivity (Wildman–Crippen MR) is 121 cm³/mol. The highest BCUT2D eigenvalue weighted by molar-refractivity contribution is 7.99. The van der Waals surface area contributed by atoms with Crippen LogP contribution in [0.2, 0.25) is 5.02 Å². The third-order valence-corrected chi connectivity index (χ3v) is 6.60. The summed E-state index contributed by atoms with van der Waals surface area (Å²) in [7, 11) is 0. The van der Waals surface area contributed by atoms with Gasteiger partial charge in [0.05, 0.1) is 25.0 Å². The molecule has 1 fully saturated rings. The molecule has 2 aromatic carbocycles. The standard InChI is InChI=1S/C23H22ClN3O4S/c24-17-7-4-15(5-8-17)22-25-26-23(31-22)32-14-21(28)27-10-1-3-18(27)16-6-9-19-20(13-16)30-12-2-11-29-19/h4-9,13,18H,1-3,10-12,14H2/t18-/m1/s1. The molecule has 0 unspecified atom stereocenters. The van der Waals surface area contributed by atoms with Gasteiger partial charge in [0.1, 0.15) is 0 Å². The minimum Gasteiger partial charge on any atom is -0.490 e. The molecule has 0 bridgehead atoms. The largest absolute Gasteiger partial charge is 0.490 e. The second-order valence-electron chi connectivity index (χ2n) is 7.67. The number of amides is 1. The Hall–Kier alpha value is -2.71. The van der Waals surface area contributed by atoms with Crippen molar-refractivity contribution in [1.29, 1.82) is 0 Å². The van der Waals surface area contributed by atoms with Crippen molar-refractivity contribution >= 4 is 29.3 Å². The Balaban J connectivity index is 1.24. The number of thioether (sulfide) groups is 1. The van der Waals surface area contributed by atoms with E-state index in [0.29, 0.717) is 29.3 Å². The van der Waals surface area contributed by atoms with Crippen LogP contribution in [0.1, 0.15) is 30.9 Å². The van der Waals surface area contributed by atoms with Crippen LogP contribution < -0.4 is 9.47 Å². The van der Waals surface area contributed by atoms with Gasteiger partial charge in [0, 0.05) is 23.6 Å². The number of hydrogen-bond acceptors (Lipinski definition) is 7. The first-order chi connectivity index (χ1) is 15.7. The number of ether oxygens (including phenoxy) is 2. The maximum Gasteiger partial charge on any atom is 0.277 e. The van der Waals surface area contributed by atoms with Crippen LogP contribution in [-0.2, 0) is 4.79 Å². The molecule has 1 amide bonds. The molecule has 5 rings (SSSR count). The van der Waals surface area contributed by atoms with Crippen molar-refractivity contribution in [1.82, 2.24) is 15.1 Å². The number of fused-ring (bicyclic) bond motifs is 1. The summed E-state index contributed by atoms with van der Waals surface area (Å²) in [6.07, 6.45) is 2.76. The van der Waals surface area contributed by atoms with Crippen molar-refractivity contribution < 1.29 is 18.7 Å². The second kappa shape index (κ2) is 9.42. The van der Waals surface area contributed by atoms with Crippen LogP contribution in [0, 0.1) is 0 Å². The number of rotatable bonds is 5. The van der Waals surface area contributed by atoms with E-state index in [2.05, 4.69) is 10.2 Å². The minimum atomic E-state index is 0.0348. The fourth-order valence-electron chi connectivity index (χ4n) is 3.98. The molecule has 3 aromatic rings. The third-order valence-electron chi connectivity index (χ3n) is 5.55. The van der Waals surface area contributed by atoms with E-state index in [0.717, 1.165) is 48.4 Å². The molecule has 3 heterocycles. The number of nitrogens with zero attached hydrogens (tertiary/aromatic N) is 3. The Kier molecular flexibility index (Phi) is 6.23. The molecule has 2 aliphatic heterocycles. The topological polar surface area (TPSA) is 77.7 Å².